The Morgan fingerprint density at radius 1 is 1.45 bits per heavy atom. The molecule has 0 saturated heterocycles. The van der Waals surface area contributed by atoms with Gasteiger partial charge in [0.15, 0.2) is 0 Å². The van der Waals surface area contributed by atoms with Crippen LogP contribution in [-0.2, 0) is 0 Å². The maximum atomic E-state index is 5.71. The van der Waals surface area contributed by atoms with Gasteiger partial charge in [-0.05, 0) is 26.7 Å². The van der Waals surface area contributed by atoms with Crippen molar-refractivity contribution in [2.24, 2.45) is 4.99 Å². The summed E-state index contributed by atoms with van der Waals surface area (Å²) in [5, 5.41) is 0.776. The van der Waals surface area contributed by atoms with Gasteiger partial charge in [0.25, 0.3) is 0 Å². The van der Waals surface area contributed by atoms with Gasteiger partial charge in [0.05, 0.1) is 5.70 Å². The standard InChI is InChI=1S/C9H16ClN/c1-4-5-6-7-11-9(3)8(2)10/h7H,4-6H2,1-3H3/b9-8+,11-7?. The number of rotatable bonds is 4. The van der Waals surface area contributed by atoms with E-state index in [1.807, 2.05) is 20.1 Å². The summed E-state index contributed by atoms with van der Waals surface area (Å²) in [7, 11) is 0. The highest BCUT2D eigenvalue weighted by molar-refractivity contribution is 6.29. The van der Waals surface area contributed by atoms with E-state index in [1.165, 1.54) is 12.8 Å². The lowest BCUT2D eigenvalue weighted by Crippen LogP contribution is -1.77. The normalized spacial score (nSPS) is 13.8. The molecule has 1 nitrogen and oxygen atoms in total. The first-order valence-corrected chi connectivity index (χ1v) is 4.41. The van der Waals surface area contributed by atoms with Crippen LogP contribution in [0.5, 0.6) is 0 Å². The number of halogens is 1. The topological polar surface area (TPSA) is 12.4 Å². The molecule has 0 aliphatic carbocycles. The van der Waals surface area contributed by atoms with Gasteiger partial charge in [0.1, 0.15) is 0 Å². The molecule has 0 aliphatic rings. The zero-order chi connectivity index (χ0) is 8.69. The Morgan fingerprint density at radius 3 is 2.55 bits per heavy atom. The Morgan fingerprint density at radius 2 is 2.09 bits per heavy atom. The van der Waals surface area contributed by atoms with Crippen LogP contribution < -0.4 is 0 Å². The summed E-state index contributed by atoms with van der Waals surface area (Å²) in [6, 6.07) is 0. The third-order valence-electron chi connectivity index (χ3n) is 1.47. The average molecular weight is 174 g/mol. The van der Waals surface area contributed by atoms with E-state index >= 15 is 0 Å². The Balaban J connectivity index is 3.66. The summed E-state index contributed by atoms with van der Waals surface area (Å²) in [5.74, 6) is 0. The molecule has 0 aromatic heterocycles. The third kappa shape index (κ3) is 6.11. The number of unbranched alkanes of at least 4 members (excludes halogenated alkanes) is 2. The number of aliphatic imine (C=N–C) groups is 1. The van der Waals surface area contributed by atoms with Gasteiger partial charge in [-0.1, -0.05) is 24.9 Å². The van der Waals surface area contributed by atoms with Gasteiger partial charge >= 0.3 is 0 Å². The lowest BCUT2D eigenvalue weighted by molar-refractivity contribution is 0.842. The zero-order valence-corrected chi connectivity index (χ0v) is 8.28. The molecule has 0 spiro atoms. The van der Waals surface area contributed by atoms with Crippen molar-refractivity contribution >= 4 is 17.8 Å². The molecule has 0 unspecified atom stereocenters. The lowest BCUT2D eigenvalue weighted by atomic mass is 10.3. The summed E-state index contributed by atoms with van der Waals surface area (Å²) in [4.78, 5) is 4.18. The van der Waals surface area contributed by atoms with Gasteiger partial charge in [-0.3, -0.25) is 4.99 Å². The monoisotopic (exact) mass is 173 g/mol. The molecule has 0 rings (SSSR count). The third-order valence-corrected chi connectivity index (χ3v) is 1.74. The van der Waals surface area contributed by atoms with Crippen LogP contribution in [0.3, 0.4) is 0 Å². The Bertz CT molecular complexity index is 155. The van der Waals surface area contributed by atoms with Gasteiger partial charge in [0.2, 0.25) is 0 Å². The molecule has 2 heteroatoms. The van der Waals surface area contributed by atoms with E-state index in [1.54, 1.807) is 0 Å². The van der Waals surface area contributed by atoms with Crippen molar-refractivity contribution in [1.29, 1.82) is 0 Å². The number of nitrogens with zero attached hydrogens (tertiary/aromatic N) is 1. The van der Waals surface area contributed by atoms with Crippen molar-refractivity contribution < 1.29 is 0 Å². The van der Waals surface area contributed by atoms with Crippen molar-refractivity contribution in [3.05, 3.63) is 10.7 Å². The maximum Gasteiger partial charge on any atom is 0.0510 e. The van der Waals surface area contributed by atoms with Crippen molar-refractivity contribution in [2.45, 2.75) is 40.0 Å². The van der Waals surface area contributed by atoms with E-state index in [0.717, 1.165) is 17.2 Å². The molecule has 64 valence electrons. The molecule has 11 heavy (non-hydrogen) atoms. The fourth-order valence-corrected chi connectivity index (χ4v) is 0.635. The van der Waals surface area contributed by atoms with Crippen LogP contribution in [0.4, 0.5) is 0 Å². The number of allylic oxidation sites excluding steroid dienone is 2. The van der Waals surface area contributed by atoms with E-state index in [2.05, 4.69) is 11.9 Å². The summed E-state index contributed by atoms with van der Waals surface area (Å²) >= 11 is 5.71. The smallest absolute Gasteiger partial charge is 0.0510 e. The first-order valence-electron chi connectivity index (χ1n) is 4.04. The second kappa shape index (κ2) is 6.41. The minimum Gasteiger partial charge on any atom is -0.265 e. The second-order valence-corrected chi connectivity index (χ2v) is 3.14. The first kappa shape index (κ1) is 10.7. The highest BCUT2D eigenvalue weighted by Crippen LogP contribution is 2.07. The SMILES string of the molecule is CCCCC=N/C(C)=C(\C)Cl. The Labute approximate surface area is 74.2 Å². The summed E-state index contributed by atoms with van der Waals surface area (Å²) in [6.45, 7) is 5.95. The molecular formula is C9H16ClN. The zero-order valence-electron chi connectivity index (χ0n) is 7.52. The summed E-state index contributed by atoms with van der Waals surface area (Å²) in [6.07, 6.45) is 5.41. The fraction of sp³-hybridized carbons (Fsp3) is 0.667. The van der Waals surface area contributed by atoms with Crippen LogP contribution in [0, 0.1) is 0 Å². The van der Waals surface area contributed by atoms with Gasteiger partial charge in [-0.25, -0.2) is 0 Å². The van der Waals surface area contributed by atoms with Gasteiger partial charge in [-0.2, -0.15) is 0 Å². The Kier molecular flexibility index (Phi) is 6.24. The van der Waals surface area contributed by atoms with Gasteiger partial charge in [-0.15, -0.1) is 0 Å². The molecule has 0 aliphatic heterocycles. The molecule has 0 heterocycles. The van der Waals surface area contributed by atoms with Crippen molar-refractivity contribution in [1.82, 2.24) is 0 Å². The minimum absolute atomic E-state index is 0.776. The van der Waals surface area contributed by atoms with Gasteiger partial charge in [0, 0.05) is 11.2 Å². The number of hydrogen-bond donors (Lipinski definition) is 0. The molecule has 0 bridgehead atoms. The highest BCUT2D eigenvalue weighted by Gasteiger charge is 1.87. The highest BCUT2D eigenvalue weighted by atomic mass is 35.5. The average Bonchev–Trinajstić information content (AvgIpc) is 1.97. The molecular weight excluding hydrogens is 158 g/mol. The minimum atomic E-state index is 0.776. The number of hydrogen-bond acceptors (Lipinski definition) is 1. The van der Waals surface area contributed by atoms with E-state index in [-0.39, 0.29) is 0 Å². The predicted octanol–water partition coefficient (Wildman–Crippen LogP) is 3.74. The van der Waals surface area contributed by atoms with E-state index < -0.39 is 0 Å². The summed E-state index contributed by atoms with van der Waals surface area (Å²) < 4.78 is 0. The van der Waals surface area contributed by atoms with Crippen LogP contribution in [0.25, 0.3) is 0 Å². The first-order chi connectivity index (χ1) is 5.18. The van der Waals surface area contributed by atoms with Crippen LogP contribution >= 0.6 is 11.6 Å². The molecule has 0 atom stereocenters. The van der Waals surface area contributed by atoms with E-state index in [4.69, 9.17) is 11.6 Å². The van der Waals surface area contributed by atoms with Crippen molar-refractivity contribution in [2.75, 3.05) is 0 Å². The quantitative estimate of drug-likeness (QED) is 0.454. The van der Waals surface area contributed by atoms with Crippen molar-refractivity contribution in [3.63, 3.8) is 0 Å². The summed E-state index contributed by atoms with van der Waals surface area (Å²) in [5.41, 5.74) is 0.919. The van der Waals surface area contributed by atoms with E-state index in [9.17, 15) is 0 Å². The fourth-order valence-electron chi connectivity index (χ4n) is 0.586. The lowest BCUT2D eigenvalue weighted by Gasteiger charge is -1.92. The van der Waals surface area contributed by atoms with Crippen LogP contribution in [0.2, 0.25) is 0 Å². The predicted molar refractivity (Wildman–Crippen MR) is 52.2 cm³/mol. The molecule has 0 radical (unpaired) electrons. The molecule has 0 amide bonds. The van der Waals surface area contributed by atoms with Crippen molar-refractivity contribution in [3.8, 4) is 0 Å². The van der Waals surface area contributed by atoms with Crippen LogP contribution in [0.1, 0.15) is 40.0 Å². The molecule has 0 N–H and O–H groups in total. The molecule has 0 saturated carbocycles. The maximum absolute atomic E-state index is 5.71. The largest absolute Gasteiger partial charge is 0.265 e. The Hall–Kier alpha value is -0.300. The van der Waals surface area contributed by atoms with Crippen LogP contribution in [-0.4, -0.2) is 6.21 Å². The van der Waals surface area contributed by atoms with E-state index in [0.29, 0.717) is 0 Å². The van der Waals surface area contributed by atoms with Gasteiger partial charge < -0.3 is 0 Å². The van der Waals surface area contributed by atoms with Crippen LogP contribution in [0.15, 0.2) is 15.7 Å². The molecule has 0 fully saturated rings. The second-order valence-electron chi connectivity index (χ2n) is 2.57. The molecule has 0 aromatic carbocycles. The molecule has 0 aromatic rings.